The Morgan fingerprint density at radius 3 is 2.59 bits per heavy atom. The molecule has 1 rings (SSSR count). The maximum atomic E-state index is 12.2. The van der Waals surface area contributed by atoms with Gasteiger partial charge in [-0.3, -0.25) is 9.59 Å². The van der Waals surface area contributed by atoms with Gasteiger partial charge in [-0.15, -0.1) is 0 Å². The largest absolute Gasteiger partial charge is 0.389 e. The molecule has 4 nitrogen and oxygen atoms in total. The van der Waals surface area contributed by atoms with Crippen molar-refractivity contribution in [3.05, 3.63) is 0 Å². The Morgan fingerprint density at radius 2 is 2.18 bits per heavy atom. The van der Waals surface area contributed by atoms with Crippen LogP contribution >= 0.6 is 0 Å². The van der Waals surface area contributed by atoms with E-state index in [0.29, 0.717) is 6.42 Å². The van der Waals surface area contributed by atoms with Crippen LogP contribution in [0.2, 0.25) is 0 Å². The lowest BCUT2D eigenvalue weighted by Gasteiger charge is -2.24. The van der Waals surface area contributed by atoms with Gasteiger partial charge in [0.25, 0.3) is 0 Å². The van der Waals surface area contributed by atoms with Gasteiger partial charge in [-0.25, -0.2) is 0 Å². The highest BCUT2D eigenvalue weighted by atomic mass is 19.4. The van der Waals surface area contributed by atoms with Crippen molar-refractivity contribution in [3.63, 3.8) is 0 Å². The van der Waals surface area contributed by atoms with Gasteiger partial charge in [-0.2, -0.15) is 13.2 Å². The molecule has 0 spiro atoms. The average molecular weight is 252 g/mol. The van der Waals surface area contributed by atoms with Crippen molar-refractivity contribution in [1.29, 1.82) is 0 Å². The van der Waals surface area contributed by atoms with Gasteiger partial charge < -0.3 is 10.6 Å². The summed E-state index contributed by atoms with van der Waals surface area (Å²) >= 11 is 0. The smallest absolute Gasteiger partial charge is 0.368 e. The van der Waals surface area contributed by atoms with Crippen LogP contribution in [-0.2, 0) is 9.59 Å². The first kappa shape index (κ1) is 13.8. The molecule has 2 atom stereocenters. The molecule has 1 heterocycles. The molecular weight excluding hydrogens is 237 g/mol. The second-order valence-corrected chi connectivity index (χ2v) is 4.26. The number of nitrogens with zero attached hydrogens (tertiary/aromatic N) is 1. The fourth-order valence-corrected chi connectivity index (χ4v) is 2.15. The van der Waals surface area contributed by atoms with Crippen LogP contribution in [0, 0.1) is 5.92 Å². The molecule has 0 saturated carbocycles. The number of nitrogens with two attached hydrogens (primary N) is 1. The number of halogens is 3. The van der Waals surface area contributed by atoms with Gasteiger partial charge in [-0.05, 0) is 12.3 Å². The third kappa shape index (κ3) is 3.61. The Hall–Kier alpha value is -1.27. The van der Waals surface area contributed by atoms with Crippen molar-refractivity contribution in [3.8, 4) is 0 Å². The summed E-state index contributed by atoms with van der Waals surface area (Å²) in [6, 6.07) is -0.791. The zero-order chi connectivity index (χ0) is 13.2. The summed E-state index contributed by atoms with van der Waals surface area (Å²) in [6.45, 7) is 1.62. The van der Waals surface area contributed by atoms with Crippen LogP contribution in [0.15, 0.2) is 0 Å². The fraction of sp³-hybridized carbons (Fsp3) is 0.800. The van der Waals surface area contributed by atoms with Crippen molar-refractivity contribution in [2.45, 2.75) is 38.4 Å². The Bertz CT molecular complexity index is 317. The molecule has 2 N–H and O–H groups in total. The number of hydrogen-bond donors (Lipinski definition) is 1. The summed E-state index contributed by atoms with van der Waals surface area (Å²) in [4.78, 5) is 23.8. The zero-order valence-electron chi connectivity index (χ0n) is 9.46. The number of likely N-dealkylation sites (tertiary alicyclic amines) is 1. The normalized spacial score (nSPS) is 22.9. The summed E-state index contributed by atoms with van der Waals surface area (Å²) in [7, 11) is 0. The van der Waals surface area contributed by atoms with Crippen LogP contribution in [0.1, 0.15) is 26.2 Å². The van der Waals surface area contributed by atoms with Crippen molar-refractivity contribution in [2.75, 3.05) is 6.54 Å². The minimum atomic E-state index is -4.28. The third-order valence-corrected chi connectivity index (χ3v) is 2.85. The van der Waals surface area contributed by atoms with Gasteiger partial charge >= 0.3 is 6.18 Å². The highest BCUT2D eigenvalue weighted by Crippen LogP contribution is 2.32. The quantitative estimate of drug-likeness (QED) is 0.812. The van der Waals surface area contributed by atoms with Crippen LogP contribution in [-0.4, -0.2) is 35.5 Å². The van der Waals surface area contributed by atoms with Crippen molar-refractivity contribution in [1.82, 2.24) is 4.90 Å². The molecule has 0 aliphatic carbocycles. The Labute approximate surface area is 96.9 Å². The average Bonchev–Trinajstić information content (AvgIpc) is 2.44. The lowest BCUT2D eigenvalue weighted by Crippen LogP contribution is -2.45. The van der Waals surface area contributed by atoms with Crippen LogP contribution in [0.25, 0.3) is 0 Å². The summed E-state index contributed by atoms with van der Waals surface area (Å²) in [5.41, 5.74) is 5.11. The van der Waals surface area contributed by atoms with Crippen molar-refractivity contribution >= 4 is 11.8 Å². The third-order valence-electron chi connectivity index (χ3n) is 2.85. The van der Waals surface area contributed by atoms with Crippen LogP contribution in [0.3, 0.4) is 0 Å². The van der Waals surface area contributed by atoms with Gasteiger partial charge in [-0.1, -0.05) is 6.92 Å². The molecule has 1 fully saturated rings. The second kappa shape index (κ2) is 4.93. The minimum Gasteiger partial charge on any atom is -0.368 e. The van der Waals surface area contributed by atoms with Crippen LogP contribution in [0.5, 0.6) is 0 Å². The Morgan fingerprint density at radius 1 is 1.59 bits per heavy atom. The maximum Gasteiger partial charge on any atom is 0.389 e. The van der Waals surface area contributed by atoms with Crippen molar-refractivity contribution in [2.24, 2.45) is 11.7 Å². The number of amides is 2. The molecule has 98 valence electrons. The fourth-order valence-electron chi connectivity index (χ4n) is 2.15. The van der Waals surface area contributed by atoms with Crippen molar-refractivity contribution < 1.29 is 22.8 Å². The van der Waals surface area contributed by atoms with E-state index in [1.807, 2.05) is 0 Å². The minimum absolute atomic E-state index is 0.0419. The van der Waals surface area contributed by atoms with E-state index >= 15 is 0 Å². The molecule has 1 unspecified atom stereocenters. The summed E-state index contributed by atoms with van der Waals surface area (Å²) in [5, 5.41) is 0. The van der Waals surface area contributed by atoms with Crippen LogP contribution in [0.4, 0.5) is 13.2 Å². The van der Waals surface area contributed by atoms with Gasteiger partial charge in [0.2, 0.25) is 11.8 Å². The van der Waals surface area contributed by atoms with E-state index in [4.69, 9.17) is 5.73 Å². The maximum absolute atomic E-state index is 12.2. The van der Waals surface area contributed by atoms with E-state index in [0.717, 1.165) is 0 Å². The standard InChI is InChI=1S/C10H15F3N2O2/c1-2-7(9(14)17)15-5-6(3-8(15)16)4-10(11,12)13/h6-7H,2-5H2,1H3,(H2,14,17)/t6?,7-/m0/s1. The predicted octanol–water partition coefficient (Wildman–Crippen LogP) is 1.05. The molecule has 1 aliphatic rings. The number of primary amides is 1. The van der Waals surface area contributed by atoms with Gasteiger partial charge in [0.15, 0.2) is 0 Å². The molecule has 0 radical (unpaired) electrons. The first-order chi connectivity index (χ1) is 7.74. The highest BCUT2D eigenvalue weighted by molar-refractivity contribution is 5.87. The lowest BCUT2D eigenvalue weighted by atomic mass is 10.0. The molecule has 1 saturated heterocycles. The van der Waals surface area contributed by atoms with E-state index in [-0.39, 0.29) is 13.0 Å². The number of hydrogen-bond acceptors (Lipinski definition) is 2. The molecule has 0 aromatic heterocycles. The molecular formula is C10H15F3N2O2. The zero-order valence-corrected chi connectivity index (χ0v) is 9.46. The summed E-state index contributed by atoms with van der Waals surface area (Å²) in [6.07, 6.45) is -5.12. The van der Waals surface area contributed by atoms with Gasteiger partial charge in [0.1, 0.15) is 6.04 Å². The molecule has 7 heteroatoms. The Kier molecular flexibility index (Phi) is 4.00. The predicted molar refractivity (Wildman–Crippen MR) is 53.8 cm³/mol. The van der Waals surface area contributed by atoms with E-state index in [2.05, 4.69) is 0 Å². The molecule has 1 aliphatic heterocycles. The van der Waals surface area contributed by atoms with Gasteiger partial charge in [0, 0.05) is 19.4 Å². The highest BCUT2D eigenvalue weighted by Gasteiger charge is 2.41. The second-order valence-electron chi connectivity index (χ2n) is 4.26. The first-order valence-electron chi connectivity index (χ1n) is 5.40. The van der Waals surface area contributed by atoms with E-state index in [9.17, 15) is 22.8 Å². The number of rotatable bonds is 4. The Balaban J connectivity index is 2.67. The first-order valence-corrected chi connectivity index (χ1v) is 5.40. The lowest BCUT2D eigenvalue weighted by molar-refractivity contribution is -0.143. The molecule has 0 bridgehead atoms. The molecule has 17 heavy (non-hydrogen) atoms. The number of alkyl halides is 3. The summed E-state index contributed by atoms with van der Waals surface area (Å²) in [5.74, 6) is -1.87. The molecule has 0 aromatic rings. The van der Waals surface area contributed by atoms with Gasteiger partial charge in [0.05, 0.1) is 0 Å². The topological polar surface area (TPSA) is 63.4 Å². The molecule has 2 amide bonds. The number of carbonyl (C=O) groups excluding carboxylic acids is 2. The summed E-state index contributed by atoms with van der Waals surface area (Å²) < 4.78 is 36.5. The monoisotopic (exact) mass is 252 g/mol. The van der Waals surface area contributed by atoms with E-state index in [1.54, 1.807) is 6.92 Å². The molecule has 0 aromatic carbocycles. The van der Waals surface area contributed by atoms with E-state index < -0.39 is 36.4 Å². The number of carbonyl (C=O) groups is 2. The SMILES string of the molecule is CC[C@@H](C(N)=O)N1CC(CC(F)(F)F)CC1=O. The van der Waals surface area contributed by atoms with Crippen LogP contribution < -0.4 is 5.73 Å². The van der Waals surface area contributed by atoms with E-state index in [1.165, 1.54) is 4.90 Å².